The summed E-state index contributed by atoms with van der Waals surface area (Å²) in [7, 11) is -2.33. The van der Waals surface area contributed by atoms with Crippen molar-refractivity contribution in [2.45, 2.75) is 36.7 Å². The number of para-hydroxylation sites is 1. The van der Waals surface area contributed by atoms with E-state index in [0.717, 1.165) is 16.7 Å². The number of benzene rings is 3. The van der Waals surface area contributed by atoms with Crippen molar-refractivity contribution >= 4 is 16.0 Å². The summed E-state index contributed by atoms with van der Waals surface area (Å²) in [5.74, 6) is 0.322. The first-order valence-corrected chi connectivity index (χ1v) is 14.7. The van der Waals surface area contributed by atoms with Gasteiger partial charge >= 0.3 is 0 Å². The summed E-state index contributed by atoms with van der Waals surface area (Å²) in [6, 6.07) is 23.6. The lowest BCUT2D eigenvalue weighted by atomic mass is 9.64. The molecule has 0 radical (unpaired) electrons. The van der Waals surface area contributed by atoms with E-state index in [-0.39, 0.29) is 41.6 Å². The molecular weight excluding hydrogens is 514 g/mol. The van der Waals surface area contributed by atoms with Crippen LogP contribution in [0.1, 0.15) is 29.5 Å². The van der Waals surface area contributed by atoms with Crippen LogP contribution in [0, 0.1) is 24.7 Å². The van der Waals surface area contributed by atoms with Crippen LogP contribution in [0.3, 0.4) is 0 Å². The Balaban J connectivity index is 1.35. The van der Waals surface area contributed by atoms with Crippen LogP contribution in [-0.4, -0.2) is 51.1 Å². The Kier molecular flexibility index (Phi) is 7.80. The van der Waals surface area contributed by atoms with E-state index in [1.165, 1.54) is 0 Å². The van der Waals surface area contributed by atoms with E-state index in [2.05, 4.69) is 0 Å². The topological polar surface area (TPSA) is 93.1 Å². The fourth-order valence-electron chi connectivity index (χ4n) is 6.23. The second-order valence-electron chi connectivity index (χ2n) is 10.8. The van der Waals surface area contributed by atoms with E-state index < -0.39 is 15.7 Å². The van der Waals surface area contributed by atoms with Gasteiger partial charge in [-0.25, -0.2) is 0 Å². The number of nitrogens with zero attached hydrogens (tertiary/aromatic N) is 1. The number of hydrogen-bond donors (Lipinski definition) is 1. The molecule has 4 atom stereocenters. The van der Waals surface area contributed by atoms with Gasteiger partial charge in [0.1, 0.15) is 5.75 Å². The van der Waals surface area contributed by atoms with Crippen molar-refractivity contribution in [2.75, 3.05) is 26.8 Å². The van der Waals surface area contributed by atoms with Crippen LogP contribution in [0.2, 0.25) is 0 Å². The van der Waals surface area contributed by atoms with Crippen molar-refractivity contribution in [1.82, 2.24) is 4.90 Å². The second kappa shape index (κ2) is 11.1. The molecule has 1 N–H and O–H groups in total. The lowest BCUT2D eigenvalue weighted by molar-refractivity contribution is -0.130. The van der Waals surface area contributed by atoms with Crippen LogP contribution in [0.25, 0.3) is 0 Å². The van der Waals surface area contributed by atoms with Gasteiger partial charge in [-0.1, -0.05) is 66.2 Å². The van der Waals surface area contributed by atoms with E-state index in [1.807, 2.05) is 66.4 Å². The fraction of sp³-hybridized carbons (Fsp3) is 0.387. The lowest BCUT2D eigenvalue weighted by Gasteiger charge is -2.44. The summed E-state index contributed by atoms with van der Waals surface area (Å²) in [4.78, 5) is 15.3. The zero-order chi connectivity index (χ0) is 27.6. The van der Waals surface area contributed by atoms with Gasteiger partial charge in [-0.2, -0.15) is 8.42 Å². The third kappa shape index (κ3) is 5.73. The molecule has 1 aliphatic heterocycles. The monoisotopic (exact) mass is 549 g/mol. The van der Waals surface area contributed by atoms with Crippen LogP contribution in [0.4, 0.5) is 0 Å². The Bertz CT molecular complexity index is 1410. The van der Waals surface area contributed by atoms with Gasteiger partial charge in [-0.05, 0) is 55.4 Å². The highest BCUT2D eigenvalue weighted by Gasteiger charge is 2.53. The molecule has 39 heavy (non-hydrogen) atoms. The number of ether oxygens (including phenoxy) is 1. The van der Waals surface area contributed by atoms with Crippen LogP contribution in [0.15, 0.2) is 83.8 Å². The number of aliphatic hydroxyl groups is 1. The molecule has 1 amide bonds. The largest absolute Gasteiger partial charge is 0.496 e. The molecule has 3 aromatic rings. The van der Waals surface area contributed by atoms with Gasteiger partial charge in [0, 0.05) is 24.6 Å². The minimum absolute atomic E-state index is 0.0148. The number of carbonyl (C=O) groups is 1. The van der Waals surface area contributed by atoms with Crippen molar-refractivity contribution in [3.63, 3.8) is 0 Å². The average Bonchev–Trinajstić information content (AvgIpc) is 3.39. The Morgan fingerprint density at radius 2 is 1.69 bits per heavy atom. The molecule has 5 rings (SSSR count). The fourth-order valence-corrected chi connectivity index (χ4v) is 7.20. The van der Waals surface area contributed by atoms with E-state index in [9.17, 15) is 18.3 Å². The highest BCUT2D eigenvalue weighted by molar-refractivity contribution is 7.86. The lowest BCUT2D eigenvalue weighted by Crippen LogP contribution is -2.46. The molecule has 1 aliphatic carbocycles. The third-order valence-electron chi connectivity index (χ3n) is 8.22. The number of likely N-dealkylation sites (tertiary alicyclic amines) is 1. The summed E-state index contributed by atoms with van der Waals surface area (Å²) >= 11 is 0. The smallest absolute Gasteiger partial charge is 0.296 e. The van der Waals surface area contributed by atoms with Gasteiger partial charge in [-0.15, -0.1) is 0 Å². The van der Waals surface area contributed by atoms with Gasteiger partial charge in [0.2, 0.25) is 5.91 Å². The van der Waals surface area contributed by atoms with Gasteiger partial charge in [0.15, 0.2) is 0 Å². The SMILES string of the molecule is COc1ccccc1CC(=O)N1CC2CC(COS(=O)(=O)c3ccc(C)cc3)CC(O)(c3ccccc3)C2C1. The van der Waals surface area contributed by atoms with Crippen LogP contribution >= 0.6 is 0 Å². The van der Waals surface area contributed by atoms with Crippen molar-refractivity contribution < 1.29 is 27.2 Å². The second-order valence-corrected chi connectivity index (χ2v) is 12.4. The maximum Gasteiger partial charge on any atom is 0.296 e. The Morgan fingerprint density at radius 1 is 1.00 bits per heavy atom. The predicted molar refractivity (Wildman–Crippen MR) is 148 cm³/mol. The van der Waals surface area contributed by atoms with E-state index >= 15 is 0 Å². The first kappa shape index (κ1) is 27.4. The Morgan fingerprint density at radius 3 is 2.41 bits per heavy atom. The molecular formula is C31H35NO6S. The Hall–Kier alpha value is -3.20. The predicted octanol–water partition coefficient (Wildman–Crippen LogP) is 4.32. The van der Waals surface area contributed by atoms with E-state index in [1.54, 1.807) is 31.4 Å². The molecule has 8 heteroatoms. The van der Waals surface area contributed by atoms with E-state index in [4.69, 9.17) is 8.92 Å². The van der Waals surface area contributed by atoms with Crippen molar-refractivity contribution in [3.05, 3.63) is 95.6 Å². The molecule has 206 valence electrons. The highest BCUT2D eigenvalue weighted by atomic mass is 32.2. The zero-order valence-electron chi connectivity index (χ0n) is 22.3. The minimum Gasteiger partial charge on any atom is -0.496 e. The summed E-state index contributed by atoms with van der Waals surface area (Å²) in [6.45, 7) is 2.82. The number of methoxy groups -OCH3 is 1. The molecule has 2 fully saturated rings. The molecule has 1 heterocycles. The maximum absolute atomic E-state index is 13.4. The minimum atomic E-state index is -3.92. The number of amides is 1. The first-order valence-electron chi connectivity index (χ1n) is 13.3. The standard InChI is InChI=1S/C31H35NO6S/c1-22-12-14-27(15-13-22)39(35,36)38-21-23-16-25-19-32(30(33)17-24-8-6-7-11-29(24)37-2)20-28(25)31(34,18-23)26-9-4-3-5-10-26/h3-15,23,25,28,34H,16-21H2,1-2H3. The molecule has 0 aromatic heterocycles. The average molecular weight is 550 g/mol. The molecule has 0 bridgehead atoms. The van der Waals surface area contributed by atoms with E-state index in [0.29, 0.717) is 31.7 Å². The number of rotatable bonds is 8. The summed E-state index contributed by atoms with van der Waals surface area (Å²) in [5.41, 5.74) is 1.37. The quantitative estimate of drug-likeness (QED) is 0.421. The number of aryl methyl sites for hydroxylation is 1. The number of carbonyl (C=O) groups excluding carboxylic acids is 1. The summed E-state index contributed by atoms with van der Waals surface area (Å²) < 4.78 is 36.7. The van der Waals surface area contributed by atoms with Gasteiger partial charge in [0.05, 0.1) is 30.6 Å². The highest BCUT2D eigenvalue weighted by Crippen LogP contribution is 2.50. The van der Waals surface area contributed by atoms with Crippen LogP contribution < -0.4 is 4.74 Å². The number of fused-ring (bicyclic) bond motifs is 1. The molecule has 1 saturated heterocycles. The third-order valence-corrected chi connectivity index (χ3v) is 9.52. The van der Waals surface area contributed by atoms with Gasteiger partial charge in [-0.3, -0.25) is 8.98 Å². The molecule has 7 nitrogen and oxygen atoms in total. The summed E-state index contributed by atoms with van der Waals surface area (Å²) in [5, 5.41) is 12.2. The van der Waals surface area contributed by atoms with Crippen LogP contribution in [0.5, 0.6) is 5.75 Å². The van der Waals surface area contributed by atoms with Gasteiger partial charge < -0.3 is 14.7 Å². The van der Waals surface area contributed by atoms with Crippen molar-refractivity contribution in [1.29, 1.82) is 0 Å². The molecule has 2 aliphatic rings. The number of hydrogen-bond acceptors (Lipinski definition) is 6. The van der Waals surface area contributed by atoms with Gasteiger partial charge in [0.25, 0.3) is 10.1 Å². The molecule has 1 saturated carbocycles. The normalized spacial score (nSPS) is 24.8. The van der Waals surface area contributed by atoms with Crippen molar-refractivity contribution in [2.24, 2.45) is 17.8 Å². The molecule has 0 spiro atoms. The van der Waals surface area contributed by atoms with Crippen LogP contribution in [-0.2, 0) is 31.1 Å². The first-order chi connectivity index (χ1) is 18.7. The zero-order valence-corrected chi connectivity index (χ0v) is 23.1. The molecule has 3 aromatic carbocycles. The summed E-state index contributed by atoms with van der Waals surface area (Å²) in [6.07, 6.45) is 1.24. The van der Waals surface area contributed by atoms with Crippen molar-refractivity contribution in [3.8, 4) is 5.75 Å². The Labute approximate surface area is 230 Å². The molecule has 4 unspecified atom stereocenters. The maximum atomic E-state index is 13.4.